The van der Waals surface area contributed by atoms with Crippen molar-refractivity contribution < 1.29 is 14.3 Å². The summed E-state index contributed by atoms with van der Waals surface area (Å²) in [4.78, 5) is 29.1. The Balaban J connectivity index is 1.86. The maximum Gasteiger partial charge on any atom is 0.298 e. The quantitative estimate of drug-likeness (QED) is 0.726. The zero-order chi connectivity index (χ0) is 19.2. The highest BCUT2D eigenvalue weighted by Crippen LogP contribution is 2.15. The van der Waals surface area contributed by atoms with Crippen LogP contribution in [0.25, 0.3) is 5.69 Å². The molecule has 2 aromatic carbocycles. The van der Waals surface area contributed by atoms with E-state index in [9.17, 15) is 9.59 Å². The molecule has 0 radical (unpaired) electrons. The van der Waals surface area contributed by atoms with Crippen molar-refractivity contribution in [3.63, 3.8) is 0 Å². The lowest BCUT2D eigenvalue weighted by molar-refractivity contribution is 0.102. The van der Waals surface area contributed by atoms with Crippen LogP contribution in [0.2, 0.25) is 0 Å². The van der Waals surface area contributed by atoms with Crippen LogP contribution in [0.15, 0.2) is 65.7 Å². The number of nitrogens with zero attached hydrogens (tertiary/aromatic N) is 2. The molecule has 1 aromatic heterocycles. The van der Waals surface area contributed by atoms with E-state index in [1.165, 1.54) is 17.9 Å². The van der Waals surface area contributed by atoms with Gasteiger partial charge in [0.1, 0.15) is 11.5 Å². The first kappa shape index (κ1) is 18.2. The smallest absolute Gasteiger partial charge is 0.298 e. The van der Waals surface area contributed by atoms with E-state index < -0.39 is 11.5 Å². The molecule has 0 saturated heterocycles. The van der Waals surface area contributed by atoms with E-state index in [1.807, 2.05) is 6.92 Å². The summed E-state index contributed by atoms with van der Waals surface area (Å²) in [6.45, 7) is 2.47. The molecule has 27 heavy (non-hydrogen) atoms. The molecule has 3 rings (SSSR count). The molecule has 0 bridgehead atoms. The van der Waals surface area contributed by atoms with Crippen LogP contribution in [-0.4, -0.2) is 29.2 Å². The highest BCUT2D eigenvalue weighted by molar-refractivity contribution is 6.03. The molecule has 138 valence electrons. The Morgan fingerprint density at radius 3 is 2.63 bits per heavy atom. The summed E-state index contributed by atoms with van der Waals surface area (Å²) >= 11 is 0. The summed E-state index contributed by atoms with van der Waals surface area (Å²) < 4.78 is 11.9. The third-order valence-electron chi connectivity index (χ3n) is 3.83. The highest BCUT2D eigenvalue weighted by atomic mass is 16.5. The van der Waals surface area contributed by atoms with Gasteiger partial charge in [0.15, 0.2) is 5.82 Å². The van der Waals surface area contributed by atoms with Gasteiger partial charge in [-0.3, -0.25) is 14.2 Å². The van der Waals surface area contributed by atoms with Gasteiger partial charge >= 0.3 is 0 Å². The Bertz CT molecular complexity index is 997. The monoisotopic (exact) mass is 365 g/mol. The van der Waals surface area contributed by atoms with Crippen LogP contribution in [-0.2, 0) is 0 Å². The number of nitrogens with one attached hydrogen (secondary N) is 1. The molecule has 7 nitrogen and oxygen atoms in total. The Morgan fingerprint density at radius 1 is 1.15 bits per heavy atom. The van der Waals surface area contributed by atoms with Crippen molar-refractivity contribution in [2.24, 2.45) is 0 Å². The molecule has 1 N–H and O–H groups in total. The Labute approximate surface area is 156 Å². The molecule has 0 unspecified atom stereocenters. The summed E-state index contributed by atoms with van der Waals surface area (Å²) in [6, 6.07) is 13.7. The van der Waals surface area contributed by atoms with E-state index in [0.717, 1.165) is 5.75 Å². The Kier molecular flexibility index (Phi) is 5.51. The van der Waals surface area contributed by atoms with Gasteiger partial charge < -0.3 is 14.8 Å². The first-order valence-corrected chi connectivity index (χ1v) is 8.38. The van der Waals surface area contributed by atoms with Gasteiger partial charge in [0.25, 0.3) is 11.5 Å². The SMILES string of the molecule is CCOc1ccc(-n2ccnc(NC(=O)c3cccc(OC)c3)c2=O)cc1. The lowest BCUT2D eigenvalue weighted by Gasteiger charge is -2.10. The second-order valence-corrected chi connectivity index (χ2v) is 5.56. The average Bonchev–Trinajstić information content (AvgIpc) is 2.70. The van der Waals surface area contributed by atoms with E-state index in [4.69, 9.17) is 9.47 Å². The molecular weight excluding hydrogens is 346 g/mol. The van der Waals surface area contributed by atoms with Crippen LogP contribution >= 0.6 is 0 Å². The maximum absolute atomic E-state index is 12.7. The predicted molar refractivity (Wildman–Crippen MR) is 102 cm³/mol. The molecule has 0 aliphatic heterocycles. The number of anilines is 1. The molecule has 1 amide bonds. The summed E-state index contributed by atoms with van der Waals surface area (Å²) in [5, 5.41) is 2.56. The maximum atomic E-state index is 12.7. The fraction of sp³-hybridized carbons (Fsp3) is 0.150. The standard InChI is InChI=1S/C20H19N3O4/c1-3-27-16-9-7-15(8-10-16)23-12-11-21-18(20(23)25)22-19(24)14-5-4-6-17(13-14)26-2/h4-13H,3H2,1-2H3,(H,21,22,24). The minimum absolute atomic E-state index is 0.0563. The second-order valence-electron chi connectivity index (χ2n) is 5.56. The van der Waals surface area contributed by atoms with Gasteiger partial charge in [-0.25, -0.2) is 4.98 Å². The van der Waals surface area contributed by atoms with Crippen molar-refractivity contribution in [1.82, 2.24) is 9.55 Å². The number of benzene rings is 2. The normalized spacial score (nSPS) is 10.3. The number of methoxy groups -OCH3 is 1. The van der Waals surface area contributed by atoms with Gasteiger partial charge in [0, 0.05) is 23.6 Å². The number of ether oxygens (including phenoxy) is 2. The number of hydrogen-bond acceptors (Lipinski definition) is 5. The molecule has 0 atom stereocenters. The molecule has 0 saturated carbocycles. The summed E-state index contributed by atoms with van der Waals surface area (Å²) in [5.41, 5.74) is 0.577. The van der Waals surface area contributed by atoms with Crippen LogP contribution in [0.3, 0.4) is 0 Å². The van der Waals surface area contributed by atoms with Crippen LogP contribution in [0.1, 0.15) is 17.3 Å². The van der Waals surface area contributed by atoms with Crippen molar-refractivity contribution in [1.29, 1.82) is 0 Å². The lowest BCUT2D eigenvalue weighted by Crippen LogP contribution is -2.26. The molecule has 0 fully saturated rings. The second kappa shape index (κ2) is 8.18. The molecular formula is C20H19N3O4. The number of amides is 1. The minimum atomic E-state index is -0.442. The molecule has 0 aliphatic rings. The van der Waals surface area contributed by atoms with Crippen molar-refractivity contribution >= 4 is 11.7 Å². The Hall–Kier alpha value is -3.61. The van der Waals surface area contributed by atoms with Crippen LogP contribution in [0, 0.1) is 0 Å². The summed E-state index contributed by atoms with van der Waals surface area (Å²) in [5.74, 6) is 0.771. The fourth-order valence-corrected chi connectivity index (χ4v) is 2.51. The predicted octanol–water partition coefficient (Wildman–Crippen LogP) is 2.89. The Morgan fingerprint density at radius 2 is 1.93 bits per heavy atom. The highest BCUT2D eigenvalue weighted by Gasteiger charge is 2.12. The van der Waals surface area contributed by atoms with Gasteiger partial charge in [0.05, 0.1) is 13.7 Å². The van der Waals surface area contributed by atoms with Crippen molar-refractivity contribution in [2.45, 2.75) is 6.92 Å². The molecule has 0 aliphatic carbocycles. The molecule has 3 aromatic rings. The zero-order valence-corrected chi connectivity index (χ0v) is 15.0. The van der Waals surface area contributed by atoms with Crippen molar-refractivity contribution in [3.05, 3.63) is 76.8 Å². The zero-order valence-electron chi connectivity index (χ0n) is 15.0. The van der Waals surface area contributed by atoms with Gasteiger partial charge in [0.2, 0.25) is 0 Å². The van der Waals surface area contributed by atoms with Gasteiger partial charge in [-0.15, -0.1) is 0 Å². The third kappa shape index (κ3) is 4.14. The average molecular weight is 365 g/mol. The van der Waals surface area contributed by atoms with E-state index in [2.05, 4.69) is 10.3 Å². The van der Waals surface area contributed by atoms with Gasteiger partial charge in [-0.1, -0.05) is 6.07 Å². The number of aromatic nitrogens is 2. The first-order valence-electron chi connectivity index (χ1n) is 8.38. The summed E-state index contributed by atoms with van der Waals surface area (Å²) in [6.07, 6.45) is 3.00. The van der Waals surface area contributed by atoms with Crippen molar-refractivity contribution in [3.8, 4) is 17.2 Å². The third-order valence-corrected chi connectivity index (χ3v) is 3.83. The van der Waals surface area contributed by atoms with Gasteiger partial charge in [-0.05, 0) is 49.4 Å². The number of hydrogen-bond donors (Lipinski definition) is 1. The molecule has 1 heterocycles. The number of carbonyl (C=O) groups excluding carboxylic acids is 1. The topological polar surface area (TPSA) is 82.4 Å². The van der Waals surface area contributed by atoms with E-state index in [0.29, 0.717) is 23.6 Å². The van der Waals surface area contributed by atoms with E-state index >= 15 is 0 Å². The fourth-order valence-electron chi connectivity index (χ4n) is 2.51. The van der Waals surface area contributed by atoms with Gasteiger partial charge in [-0.2, -0.15) is 0 Å². The summed E-state index contributed by atoms with van der Waals surface area (Å²) in [7, 11) is 1.52. The lowest BCUT2D eigenvalue weighted by atomic mass is 10.2. The number of carbonyl (C=O) groups is 1. The van der Waals surface area contributed by atoms with Crippen molar-refractivity contribution in [2.75, 3.05) is 19.0 Å². The van der Waals surface area contributed by atoms with E-state index in [1.54, 1.807) is 54.7 Å². The minimum Gasteiger partial charge on any atom is -0.497 e. The first-order chi connectivity index (χ1) is 13.1. The molecule has 0 spiro atoms. The number of rotatable bonds is 6. The van der Waals surface area contributed by atoms with Crippen LogP contribution in [0.5, 0.6) is 11.5 Å². The molecule has 7 heteroatoms. The largest absolute Gasteiger partial charge is 0.497 e. The van der Waals surface area contributed by atoms with E-state index in [-0.39, 0.29) is 5.82 Å². The van der Waals surface area contributed by atoms with Crippen LogP contribution in [0.4, 0.5) is 5.82 Å². The van der Waals surface area contributed by atoms with Crippen LogP contribution < -0.4 is 20.3 Å².